The lowest BCUT2D eigenvalue weighted by Crippen LogP contribution is -2.07. The van der Waals surface area contributed by atoms with Gasteiger partial charge in [0.25, 0.3) is 22.7 Å². The summed E-state index contributed by atoms with van der Waals surface area (Å²) in [6.07, 6.45) is 0.425. The van der Waals surface area contributed by atoms with Crippen molar-refractivity contribution in [3.63, 3.8) is 0 Å². The molecule has 1 amide bonds. The van der Waals surface area contributed by atoms with E-state index >= 15 is 0 Å². The highest BCUT2D eigenvalue weighted by molar-refractivity contribution is 7.73. The fourth-order valence-electron chi connectivity index (χ4n) is 0.527. The molecule has 0 bridgehead atoms. The first-order valence-electron chi connectivity index (χ1n) is 3.76. The van der Waals surface area contributed by atoms with Gasteiger partial charge in [0.2, 0.25) is 24.3 Å². The van der Waals surface area contributed by atoms with E-state index in [1.165, 1.54) is 0 Å². The van der Waals surface area contributed by atoms with E-state index in [1.54, 1.807) is 0 Å². The Morgan fingerprint density at radius 3 is 1.53 bits per heavy atom. The Labute approximate surface area is 111 Å². The van der Waals surface area contributed by atoms with Crippen LogP contribution in [0.4, 0.5) is 17.8 Å². The van der Waals surface area contributed by atoms with Gasteiger partial charge in [0.05, 0.1) is 0 Å². The summed E-state index contributed by atoms with van der Waals surface area (Å²) in [6.45, 7) is 0. The molecule has 1 rings (SSSR count). The Morgan fingerprint density at radius 1 is 0.947 bits per heavy atom. The van der Waals surface area contributed by atoms with Crippen LogP contribution in [0.2, 0.25) is 0 Å². The molecular formula is C4H10N6O7S2. The van der Waals surface area contributed by atoms with Crippen molar-refractivity contribution in [3.8, 4) is 0 Å². The van der Waals surface area contributed by atoms with Gasteiger partial charge in [-0.1, -0.05) is 0 Å². The molecule has 1 aromatic heterocycles. The van der Waals surface area contributed by atoms with Crippen LogP contribution >= 0.6 is 0 Å². The average Bonchev–Trinajstić information content (AvgIpc) is 2.13. The number of nitrogens with zero attached hydrogens (tertiary/aromatic N) is 3. The Balaban J connectivity index is 0. The Kier molecular flexibility index (Phi) is 11.7. The summed E-state index contributed by atoms with van der Waals surface area (Å²) < 4.78 is 45.7. The zero-order valence-corrected chi connectivity index (χ0v) is 10.5. The average molecular weight is 318 g/mol. The molecule has 0 saturated carbocycles. The first-order chi connectivity index (χ1) is 8.68. The summed E-state index contributed by atoms with van der Waals surface area (Å²) in [6, 6.07) is 0. The molecule has 0 aliphatic rings. The van der Waals surface area contributed by atoms with Crippen molar-refractivity contribution in [2.75, 3.05) is 16.8 Å². The third-order valence-corrected chi connectivity index (χ3v) is 0.858. The van der Waals surface area contributed by atoms with Crippen molar-refractivity contribution >= 4 is 47.0 Å². The van der Waals surface area contributed by atoms with E-state index in [-0.39, 0.29) is 17.8 Å². The van der Waals surface area contributed by atoms with Crippen LogP contribution in [0, 0.1) is 0 Å². The second-order valence-corrected chi connectivity index (χ2v) is 3.02. The van der Waals surface area contributed by atoms with Crippen LogP contribution in [0.25, 0.3) is 0 Å². The number of aromatic nitrogens is 3. The van der Waals surface area contributed by atoms with Crippen molar-refractivity contribution in [1.82, 2.24) is 15.0 Å². The van der Waals surface area contributed by atoms with E-state index in [0.29, 0.717) is 6.41 Å². The predicted octanol–water partition coefficient (Wildman–Crippen LogP) is -2.03. The van der Waals surface area contributed by atoms with Gasteiger partial charge >= 0.3 is 0 Å². The highest BCUT2D eigenvalue weighted by atomic mass is 32.2. The van der Waals surface area contributed by atoms with Crippen molar-refractivity contribution < 1.29 is 31.4 Å². The molecule has 1 aromatic rings. The topological polar surface area (TPSA) is 235 Å². The number of anilines is 3. The number of nitrogens with one attached hydrogen (secondary N) is 1. The number of hydrogen-bond acceptors (Lipinski definition) is 8. The van der Waals surface area contributed by atoms with Gasteiger partial charge in [-0.15, -0.1) is 0 Å². The highest BCUT2D eigenvalue weighted by Gasteiger charge is 1.98. The van der Waals surface area contributed by atoms with Crippen LogP contribution < -0.4 is 16.8 Å². The number of nitrogens with two attached hydrogens (primary N) is 2. The number of rotatable bonds is 2. The fourth-order valence-corrected chi connectivity index (χ4v) is 0.527. The summed E-state index contributed by atoms with van der Waals surface area (Å²) in [5, 5.41) is 2.19. The standard InChI is InChI=1S/C4H6N6O.2H2O3S/c5-2-8-3(6)10-4(9-2)7-1-11;2*1-4(2)3/h1H,(H5,5,6,7,8,9,10,11);2*(H2,1,2,3). The summed E-state index contributed by atoms with van der Waals surface area (Å²) in [5.41, 5.74) is 10.4. The molecular weight excluding hydrogens is 308 g/mol. The maximum Gasteiger partial charge on any atom is 0.299 e. The smallest absolute Gasteiger partial charge is 0.299 e. The highest BCUT2D eigenvalue weighted by Crippen LogP contribution is 2.01. The lowest BCUT2D eigenvalue weighted by molar-refractivity contribution is -0.105. The molecule has 110 valence electrons. The largest absolute Gasteiger partial charge is 0.368 e. The van der Waals surface area contributed by atoms with Gasteiger partial charge in [-0.3, -0.25) is 28.3 Å². The van der Waals surface area contributed by atoms with Crippen LogP contribution in [0.5, 0.6) is 0 Å². The Morgan fingerprint density at radius 2 is 1.26 bits per heavy atom. The third-order valence-electron chi connectivity index (χ3n) is 0.858. The molecule has 0 fully saturated rings. The lowest BCUT2D eigenvalue weighted by Gasteiger charge is -1.97. The van der Waals surface area contributed by atoms with E-state index < -0.39 is 22.7 Å². The molecule has 19 heavy (non-hydrogen) atoms. The molecule has 1 heterocycles. The van der Waals surface area contributed by atoms with Gasteiger partial charge in [-0.05, 0) is 0 Å². The molecule has 0 spiro atoms. The Hall–Kier alpha value is -1.78. The van der Waals surface area contributed by atoms with Crippen LogP contribution in [0.1, 0.15) is 0 Å². The van der Waals surface area contributed by atoms with Gasteiger partial charge in [-0.2, -0.15) is 23.4 Å². The molecule has 13 nitrogen and oxygen atoms in total. The van der Waals surface area contributed by atoms with Crippen molar-refractivity contribution in [1.29, 1.82) is 0 Å². The summed E-state index contributed by atoms with van der Waals surface area (Å²) in [7, 11) is 0. The van der Waals surface area contributed by atoms with Gasteiger partial charge in [0.15, 0.2) is 0 Å². The second kappa shape index (κ2) is 11.3. The minimum Gasteiger partial charge on any atom is -0.368 e. The molecule has 0 aliphatic heterocycles. The molecule has 15 heteroatoms. The summed E-state index contributed by atoms with van der Waals surface area (Å²) in [4.78, 5) is 20.5. The van der Waals surface area contributed by atoms with Crippen LogP contribution in [-0.2, 0) is 27.5 Å². The maximum atomic E-state index is 9.90. The lowest BCUT2D eigenvalue weighted by atomic mass is 10.8. The Bertz CT molecular complexity index is 403. The number of carbonyl (C=O) groups excluding carboxylic acids is 1. The molecule has 0 unspecified atom stereocenters. The zero-order chi connectivity index (χ0) is 15.4. The quantitative estimate of drug-likeness (QED) is 0.231. The number of amides is 1. The minimum absolute atomic E-state index is 0.0261. The van der Waals surface area contributed by atoms with E-state index in [2.05, 4.69) is 20.3 Å². The third kappa shape index (κ3) is 18.8. The normalized spacial score (nSPS) is 8.95. The predicted molar refractivity (Wildman–Crippen MR) is 65.1 cm³/mol. The maximum absolute atomic E-state index is 9.90. The van der Waals surface area contributed by atoms with Gasteiger partial charge < -0.3 is 11.5 Å². The molecule has 0 saturated heterocycles. The minimum atomic E-state index is -2.61. The number of nitrogen functional groups attached to an aromatic ring is 2. The number of hydrogen-bond donors (Lipinski definition) is 7. The van der Waals surface area contributed by atoms with E-state index in [0.717, 1.165) is 0 Å². The fraction of sp³-hybridized carbons (Fsp3) is 0. The van der Waals surface area contributed by atoms with Gasteiger partial charge in [0.1, 0.15) is 0 Å². The van der Waals surface area contributed by atoms with Gasteiger partial charge in [0, 0.05) is 0 Å². The van der Waals surface area contributed by atoms with E-state index in [4.69, 9.17) is 38.1 Å². The molecule has 0 aliphatic carbocycles. The molecule has 0 aromatic carbocycles. The monoisotopic (exact) mass is 318 g/mol. The van der Waals surface area contributed by atoms with Gasteiger partial charge in [-0.25, -0.2) is 0 Å². The summed E-state index contributed by atoms with van der Waals surface area (Å²) >= 11 is -5.22. The first-order valence-corrected chi connectivity index (χ1v) is 5.88. The van der Waals surface area contributed by atoms with Crippen LogP contribution in [-0.4, -0.2) is 48.0 Å². The molecule has 9 N–H and O–H groups in total. The van der Waals surface area contributed by atoms with Crippen LogP contribution in [0.15, 0.2) is 0 Å². The number of carbonyl (C=O) groups is 1. The van der Waals surface area contributed by atoms with Crippen molar-refractivity contribution in [2.45, 2.75) is 0 Å². The van der Waals surface area contributed by atoms with Crippen molar-refractivity contribution in [2.24, 2.45) is 0 Å². The van der Waals surface area contributed by atoms with Crippen molar-refractivity contribution in [3.05, 3.63) is 0 Å². The molecule has 0 radical (unpaired) electrons. The van der Waals surface area contributed by atoms with Crippen LogP contribution in [0.3, 0.4) is 0 Å². The second-order valence-electron chi connectivity index (χ2n) is 2.10. The summed E-state index contributed by atoms with van der Waals surface area (Å²) in [5.74, 6) is -0.00583. The van der Waals surface area contributed by atoms with E-state index in [9.17, 15) is 4.79 Å². The zero-order valence-electron chi connectivity index (χ0n) is 8.90. The van der Waals surface area contributed by atoms with E-state index in [1.807, 2.05) is 0 Å². The SMILES string of the molecule is Nc1nc(N)nc(NC=O)n1.O=S(O)O.O=S(O)O. The first kappa shape index (κ1) is 19.6. The molecule has 0 atom stereocenters.